The lowest BCUT2D eigenvalue weighted by molar-refractivity contribution is -0.120. The molecule has 1 fully saturated rings. The maximum Gasteiger partial charge on any atom is 0.295 e. The third-order valence-electron chi connectivity index (χ3n) is 7.23. The summed E-state index contributed by atoms with van der Waals surface area (Å²) in [5, 5.41) is 3.18. The topological polar surface area (TPSA) is 80.1 Å². The van der Waals surface area contributed by atoms with Gasteiger partial charge in [0.15, 0.2) is 11.5 Å². The second kappa shape index (κ2) is 10.5. The standard InChI is InChI=1S/C30H33N5O2/c1-4-23-9-5-8-21(3)26(23)33-29(36)24-10-7-17-34(19-24)28-30(37)35(18-22-14-12-20(2)13-15-22)27-25(32-28)11-6-16-31-27/h5-6,8-9,11-16,24H,4,7,10,17-19H2,1-3H3,(H,33,36). The normalized spacial score (nSPS) is 15.6. The van der Waals surface area contributed by atoms with Crippen LogP contribution in [0.2, 0.25) is 0 Å². The molecule has 1 atom stereocenters. The van der Waals surface area contributed by atoms with Gasteiger partial charge in [-0.1, -0.05) is 55.0 Å². The number of nitrogens with one attached hydrogen (secondary N) is 1. The SMILES string of the molecule is CCc1cccc(C)c1NC(=O)C1CCCN(c2nc3cccnc3n(Cc3ccc(C)cc3)c2=O)C1. The van der Waals surface area contributed by atoms with Crippen LogP contribution >= 0.6 is 0 Å². The van der Waals surface area contributed by atoms with Gasteiger partial charge in [-0.25, -0.2) is 9.97 Å². The molecule has 7 heteroatoms. The van der Waals surface area contributed by atoms with Gasteiger partial charge in [-0.2, -0.15) is 0 Å². The number of pyridine rings is 1. The van der Waals surface area contributed by atoms with Crippen molar-refractivity contribution in [2.24, 2.45) is 5.92 Å². The number of amides is 1. The molecule has 1 aliphatic heterocycles. The van der Waals surface area contributed by atoms with E-state index in [2.05, 4.69) is 23.3 Å². The fourth-order valence-corrected chi connectivity index (χ4v) is 5.10. The monoisotopic (exact) mass is 495 g/mol. The molecule has 2 aromatic carbocycles. The summed E-state index contributed by atoms with van der Waals surface area (Å²) >= 11 is 0. The Labute approximate surface area is 217 Å². The van der Waals surface area contributed by atoms with Crippen molar-refractivity contribution in [1.29, 1.82) is 0 Å². The second-order valence-corrected chi connectivity index (χ2v) is 9.90. The largest absolute Gasteiger partial charge is 0.351 e. The molecular formula is C30H33N5O2. The zero-order chi connectivity index (χ0) is 25.9. The Kier molecular flexibility index (Phi) is 7.04. The zero-order valence-electron chi connectivity index (χ0n) is 21.7. The molecule has 1 N–H and O–H groups in total. The van der Waals surface area contributed by atoms with Crippen molar-refractivity contribution in [1.82, 2.24) is 14.5 Å². The van der Waals surface area contributed by atoms with Crippen LogP contribution in [0.1, 0.15) is 42.0 Å². The lowest BCUT2D eigenvalue weighted by atomic mass is 9.96. The minimum absolute atomic E-state index is 0.00358. The Hall–Kier alpha value is -4.00. The first kappa shape index (κ1) is 24.7. The number of fused-ring (bicyclic) bond motifs is 1. The predicted molar refractivity (Wildman–Crippen MR) is 148 cm³/mol. The fourth-order valence-electron chi connectivity index (χ4n) is 5.10. The van der Waals surface area contributed by atoms with Crippen LogP contribution in [0.4, 0.5) is 11.5 Å². The average Bonchev–Trinajstić information content (AvgIpc) is 2.92. The van der Waals surface area contributed by atoms with Gasteiger partial charge in [-0.3, -0.25) is 14.2 Å². The number of carbonyl (C=O) groups is 1. The molecule has 1 aliphatic rings. The maximum atomic E-state index is 13.8. The van der Waals surface area contributed by atoms with Gasteiger partial charge >= 0.3 is 0 Å². The molecule has 1 unspecified atom stereocenters. The number of piperidine rings is 1. The molecule has 0 spiro atoms. The highest BCUT2D eigenvalue weighted by atomic mass is 16.2. The van der Waals surface area contributed by atoms with Crippen molar-refractivity contribution in [3.63, 3.8) is 0 Å². The smallest absolute Gasteiger partial charge is 0.295 e. The summed E-state index contributed by atoms with van der Waals surface area (Å²) in [6, 6.07) is 18.0. The highest BCUT2D eigenvalue weighted by molar-refractivity contribution is 5.94. The molecule has 4 aromatic rings. The summed E-state index contributed by atoms with van der Waals surface area (Å²) in [5.41, 5.74) is 6.34. The summed E-state index contributed by atoms with van der Waals surface area (Å²) in [7, 11) is 0. The van der Waals surface area contributed by atoms with Gasteiger partial charge in [-0.05, 0) is 61.9 Å². The van der Waals surface area contributed by atoms with E-state index in [1.54, 1.807) is 10.8 Å². The van der Waals surface area contributed by atoms with Gasteiger partial charge in [-0.15, -0.1) is 0 Å². The fraction of sp³-hybridized carbons (Fsp3) is 0.333. The third kappa shape index (κ3) is 5.12. The third-order valence-corrected chi connectivity index (χ3v) is 7.23. The van der Waals surface area contributed by atoms with Crippen LogP contribution in [0.25, 0.3) is 11.2 Å². The highest BCUT2D eigenvalue weighted by Gasteiger charge is 2.29. The number of nitrogens with zero attached hydrogens (tertiary/aromatic N) is 4. The first-order chi connectivity index (χ1) is 17.9. The summed E-state index contributed by atoms with van der Waals surface area (Å²) in [6.07, 6.45) is 4.13. The van der Waals surface area contributed by atoms with Gasteiger partial charge < -0.3 is 10.2 Å². The Morgan fingerprint density at radius 3 is 2.68 bits per heavy atom. The number of carbonyl (C=O) groups excluding carboxylic acids is 1. The number of rotatable bonds is 6. The van der Waals surface area contributed by atoms with E-state index in [4.69, 9.17) is 4.98 Å². The lowest BCUT2D eigenvalue weighted by Crippen LogP contribution is -2.44. The molecule has 2 aromatic heterocycles. The van der Waals surface area contributed by atoms with Crippen LogP contribution < -0.4 is 15.8 Å². The maximum absolute atomic E-state index is 13.8. The molecule has 0 saturated carbocycles. The van der Waals surface area contributed by atoms with Crippen molar-refractivity contribution >= 4 is 28.6 Å². The molecule has 0 radical (unpaired) electrons. The molecule has 0 aliphatic carbocycles. The second-order valence-electron chi connectivity index (χ2n) is 9.90. The molecule has 1 saturated heterocycles. The molecular weight excluding hydrogens is 462 g/mol. The molecule has 7 nitrogen and oxygen atoms in total. The van der Waals surface area contributed by atoms with Crippen LogP contribution in [0.5, 0.6) is 0 Å². The number of anilines is 2. The quantitative estimate of drug-likeness (QED) is 0.413. The van der Waals surface area contributed by atoms with Crippen molar-refractivity contribution in [2.45, 2.75) is 46.6 Å². The van der Waals surface area contributed by atoms with Crippen LogP contribution in [-0.4, -0.2) is 33.5 Å². The van der Waals surface area contributed by atoms with Gasteiger partial charge in [0.05, 0.1) is 12.5 Å². The van der Waals surface area contributed by atoms with E-state index < -0.39 is 0 Å². The molecule has 190 valence electrons. The Morgan fingerprint density at radius 1 is 1.08 bits per heavy atom. The lowest BCUT2D eigenvalue weighted by Gasteiger charge is -2.33. The summed E-state index contributed by atoms with van der Waals surface area (Å²) in [4.78, 5) is 38.3. The van der Waals surface area contributed by atoms with Crippen LogP contribution in [0.3, 0.4) is 0 Å². The van der Waals surface area contributed by atoms with Crippen LogP contribution in [0.15, 0.2) is 65.6 Å². The first-order valence-corrected chi connectivity index (χ1v) is 13.0. The van der Waals surface area contributed by atoms with Gasteiger partial charge in [0.2, 0.25) is 5.91 Å². The number of aromatic nitrogens is 3. The summed E-state index contributed by atoms with van der Waals surface area (Å²) < 4.78 is 1.70. The average molecular weight is 496 g/mol. The Balaban J connectivity index is 1.45. The number of hydrogen-bond donors (Lipinski definition) is 1. The summed E-state index contributed by atoms with van der Waals surface area (Å²) in [6.45, 7) is 7.71. The molecule has 37 heavy (non-hydrogen) atoms. The zero-order valence-corrected chi connectivity index (χ0v) is 21.7. The Morgan fingerprint density at radius 2 is 1.89 bits per heavy atom. The number of aryl methyl sites for hydroxylation is 3. The number of para-hydroxylation sites is 1. The molecule has 1 amide bonds. The minimum atomic E-state index is -0.227. The van der Waals surface area contributed by atoms with E-state index in [1.807, 2.05) is 67.3 Å². The molecule has 3 heterocycles. The van der Waals surface area contributed by atoms with E-state index in [9.17, 15) is 9.59 Å². The number of hydrogen-bond acceptors (Lipinski definition) is 5. The molecule has 5 rings (SSSR count). The van der Waals surface area contributed by atoms with Crippen molar-refractivity contribution in [2.75, 3.05) is 23.3 Å². The van der Waals surface area contributed by atoms with E-state index >= 15 is 0 Å². The first-order valence-electron chi connectivity index (χ1n) is 13.0. The Bertz CT molecular complexity index is 1490. The minimum Gasteiger partial charge on any atom is -0.351 e. The van der Waals surface area contributed by atoms with Crippen LogP contribution in [0, 0.1) is 19.8 Å². The van der Waals surface area contributed by atoms with Gasteiger partial charge in [0, 0.05) is 25.0 Å². The van der Waals surface area contributed by atoms with Crippen LogP contribution in [-0.2, 0) is 17.8 Å². The van der Waals surface area contributed by atoms with Gasteiger partial charge in [0.1, 0.15) is 5.52 Å². The van der Waals surface area contributed by atoms with Crippen molar-refractivity contribution in [3.8, 4) is 0 Å². The van der Waals surface area contributed by atoms with Crippen molar-refractivity contribution in [3.05, 3.63) is 93.4 Å². The summed E-state index contributed by atoms with van der Waals surface area (Å²) in [5.74, 6) is 0.154. The van der Waals surface area contributed by atoms with E-state index in [1.165, 1.54) is 5.56 Å². The van der Waals surface area contributed by atoms with Gasteiger partial charge in [0.25, 0.3) is 5.56 Å². The van der Waals surface area contributed by atoms with E-state index in [0.717, 1.165) is 41.6 Å². The van der Waals surface area contributed by atoms with Crippen molar-refractivity contribution < 1.29 is 4.79 Å². The predicted octanol–water partition coefficient (Wildman–Crippen LogP) is 4.87. The van der Waals surface area contributed by atoms with E-state index in [-0.39, 0.29) is 17.4 Å². The highest BCUT2D eigenvalue weighted by Crippen LogP contribution is 2.26. The number of benzene rings is 2. The van der Waals surface area contributed by atoms with E-state index in [0.29, 0.717) is 36.6 Å². The molecule has 0 bridgehead atoms.